The molecule has 0 bridgehead atoms. The van der Waals surface area contributed by atoms with Gasteiger partial charge in [-0.1, -0.05) is 12.1 Å². The molecule has 2 atom stereocenters. The Balaban J connectivity index is 1.46. The molecule has 8 nitrogen and oxygen atoms in total. The lowest BCUT2D eigenvalue weighted by Gasteiger charge is -2.41. The summed E-state index contributed by atoms with van der Waals surface area (Å²) in [6.45, 7) is 15.9. The molecule has 2 aliphatic rings. The molecule has 0 radical (unpaired) electrons. The minimum Gasteiger partial charge on any atom is -0.374 e. The highest BCUT2D eigenvalue weighted by Crippen LogP contribution is 2.15. The molecule has 0 spiro atoms. The number of rotatable bonds is 7. The number of ether oxygens (including phenoxy) is 1. The first kappa shape index (κ1) is 21.2. The smallest absolute Gasteiger partial charge is 0.242 e. The largest absolute Gasteiger partial charge is 0.374 e. The maximum absolute atomic E-state index is 12.7. The van der Waals surface area contributed by atoms with Crippen LogP contribution in [0.5, 0.6) is 0 Å². The second-order valence-corrected chi connectivity index (χ2v) is 8.15. The molecule has 0 saturated carbocycles. The molecule has 28 heavy (non-hydrogen) atoms. The van der Waals surface area contributed by atoms with E-state index in [-0.39, 0.29) is 18.1 Å². The topological polar surface area (TPSA) is 74.1 Å². The number of aromatic nitrogens is 1. The monoisotopic (exact) mass is 393 g/mol. The Hall–Kier alpha value is -1.48. The van der Waals surface area contributed by atoms with E-state index in [1.807, 2.05) is 6.92 Å². The summed E-state index contributed by atoms with van der Waals surface area (Å²) in [7, 11) is 0. The number of aryl methyl sites for hydroxylation is 1. The Morgan fingerprint density at radius 1 is 1.25 bits per heavy atom. The van der Waals surface area contributed by atoms with Crippen molar-refractivity contribution in [3.8, 4) is 0 Å². The number of hydrogen-bond donors (Lipinski definition) is 1. The molecule has 1 aromatic heterocycles. The van der Waals surface area contributed by atoms with Gasteiger partial charge in [-0.15, -0.1) is 0 Å². The minimum absolute atomic E-state index is 0.00700. The van der Waals surface area contributed by atoms with Crippen LogP contribution < -0.4 is 5.32 Å². The Morgan fingerprint density at radius 2 is 2.00 bits per heavy atom. The van der Waals surface area contributed by atoms with Gasteiger partial charge in [0.05, 0.1) is 18.8 Å². The number of hydrogen-bond acceptors (Lipinski definition) is 7. The zero-order valence-electron chi connectivity index (χ0n) is 17.7. The lowest BCUT2D eigenvalue weighted by atomic mass is 10.1. The van der Waals surface area contributed by atoms with E-state index in [1.165, 1.54) is 0 Å². The molecule has 2 unspecified atom stereocenters. The van der Waals surface area contributed by atoms with E-state index in [4.69, 9.17) is 9.26 Å². The average molecular weight is 394 g/mol. The van der Waals surface area contributed by atoms with E-state index in [0.717, 1.165) is 58.8 Å². The Morgan fingerprint density at radius 3 is 2.61 bits per heavy atom. The highest BCUT2D eigenvalue weighted by molar-refractivity contribution is 5.94. The van der Waals surface area contributed by atoms with Gasteiger partial charge in [-0.2, -0.15) is 0 Å². The van der Waals surface area contributed by atoms with Crippen molar-refractivity contribution < 1.29 is 14.1 Å². The third kappa shape index (κ3) is 5.53. The van der Waals surface area contributed by atoms with Crippen molar-refractivity contribution in [1.29, 1.82) is 0 Å². The average Bonchev–Trinajstić information content (AvgIpc) is 3.08. The summed E-state index contributed by atoms with van der Waals surface area (Å²) in [5, 5.41) is 6.74. The molecule has 0 aromatic carbocycles. The fourth-order valence-corrected chi connectivity index (χ4v) is 4.11. The van der Waals surface area contributed by atoms with Crippen LogP contribution in [-0.2, 0) is 9.53 Å². The van der Waals surface area contributed by atoms with Crippen molar-refractivity contribution in [1.82, 2.24) is 19.9 Å². The highest BCUT2D eigenvalue weighted by atomic mass is 16.5. The van der Waals surface area contributed by atoms with Gasteiger partial charge in [-0.05, 0) is 27.2 Å². The maximum atomic E-state index is 12.7. The molecule has 2 saturated heterocycles. The van der Waals surface area contributed by atoms with E-state index in [9.17, 15) is 4.79 Å². The summed E-state index contributed by atoms with van der Waals surface area (Å²) in [4.78, 5) is 19.9. The number of piperazine rings is 1. The highest BCUT2D eigenvalue weighted by Gasteiger charge is 2.30. The van der Waals surface area contributed by atoms with Gasteiger partial charge in [-0.3, -0.25) is 19.5 Å². The van der Waals surface area contributed by atoms with Gasteiger partial charge in [0.25, 0.3) is 0 Å². The lowest BCUT2D eigenvalue weighted by molar-refractivity contribution is -0.122. The molecule has 2 fully saturated rings. The quantitative estimate of drug-likeness (QED) is 0.751. The fraction of sp³-hybridized carbons (Fsp3) is 0.800. The van der Waals surface area contributed by atoms with Crippen LogP contribution in [0, 0.1) is 6.92 Å². The van der Waals surface area contributed by atoms with E-state index in [2.05, 4.69) is 45.9 Å². The normalized spacial score (nSPS) is 23.8. The Labute approximate surface area is 168 Å². The summed E-state index contributed by atoms with van der Waals surface area (Å²) in [6.07, 6.45) is 1.06. The summed E-state index contributed by atoms with van der Waals surface area (Å²) >= 11 is 0. The van der Waals surface area contributed by atoms with Gasteiger partial charge in [0.2, 0.25) is 5.91 Å². The first-order valence-electron chi connectivity index (χ1n) is 10.5. The third-order valence-electron chi connectivity index (χ3n) is 5.78. The molecule has 3 heterocycles. The van der Waals surface area contributed by atoms with E-state index in [1.54, 1.807) is 6.07 Å². The van der Waals surface area contributed by atoms with Gasteiger partial charge in [0.1, 0.15) is 5.76 Å². The molecular weight excluding hydrogens is 358 g/mol. The van der Waals surface area contributed by atoms with Crippen LogP contribution in [0.1, 0.15) is 33.0 Å². The molecule has 1 aromatic rings. The first-order chi connectivity index (χ1) is 13.5. The fourth-order valence-electron chi connectivity index (χ4n) is 4.11. The van der Waals surface area contributed by atoms with Crippen LogP contribution in [0.25, 0.3) is 0 Å². The lowest BCUT2D eigenvalue weighted by Crippen LogP contribution is -2.56. The zero-order valence-corrected chi connectivity index (χ0v) is 17.7. The summed E-state index contributed by atoms with van der Waals surface area (Å²) in [6, 6.07) is 2.18. The van der Waals surface area contributed by atoms with Crippen LogP contribution in [-0.4, -0.2) is 96.4 Å². The molecule has 1 amide bonds. The van der Waals surface area contributed by atoms with E-state index in [0.29, 0.717) is 17.6 Å². The van der Waals surface area contributed by atoms with Crippen LogP contribution in [0.4, 0.5) is 5.82 Å². The third-order valence-corrected chi connectivity index (χ3v) is 5.78. The summed E-state index contributed by atoms with van der Waals surface area (Å²) in [5.74, 6) is 1.18. The van der Waals surface area contributed by atoms with Crippen molar-refractivity contribution >= 4 is 11.7 Å². The van der Waals surface area contributed by atoms with Crippen molar-refractivity contribution in [3.63, 3.8) is 0 Å². The number of carbonyl (C=O) groups is 1. The summed E-state index contributed by atoms with van der Waals surface area (Å²) < 4.78 is 11.0. The number of anilines is 1. The SMILES string of the molecule is CCC(C(=O)Nc1cc(C)on1)N1CCN(CC2CN(C(C)C)CCO2)CC1. The molecule has 8 heteroatoms. The van der Waals surface area contributed by atoms with Crippen molar-refractivity contribution in [2.75, 3.05) is 57.7 Å². The second kappa shape index (κ2) is 9.82. The number of amides is 1. The van der Waals surface area contributed by atoms with Gasteiger partial charge in [0, 0.05) is 57.9 Å². The first-order valence-corrected chi connectivity index (χ1v) is 10.5. The standard InChI is InChI=1S/C20H35N5O3/c1-5-18(20(26)21-19-12-16(4)28-22-19)24-8-6-23(7-9-24)13-17-14-25(15(2)3)10-11-27-17/h12,15,17-18H,5-11,13-14H2,1-4H3,(H,21,22,26). The number of nitrogens with one attached hydrogen (secondary N) is 1. The van der Waals surface area contributed by atoms with E-state index >= 15 is 0 Å². The molecular formula is C20H35N5O3. The number of carbonyl (C=O) groups excluding carboxylic acids is 1. The van der Waals surface area contributed by atoms with Crippen molar-refractivity contribution in [3.05, 3.63) is 11.8 Å². The second-order valence-electron chi connectivity index (χ2n) is 8.15. The van der Waals surface area contributed by atoms with E-state index < -0.39 is 0 Å². The predicted molar refractivity (Wildman–Crippen MR) is 108 cm³/mol. The van der Waals surface area contributed by atoms with Crippen LogP contribution in [0.3, 0.4) is 0 Å². The predicted octanol–water partition coefficient (Wildman–Crippen LogP) is 1.43. The maximum Gasteiger partial charge on any atom is 0.242 e. The molecule has 2 aliphatic heterocycles. The zero-order chi connectivity index (χ0) is 20.1. The van der Waals surface area contributed by atoms with Gasteiger partial charge >= 0.3 is 0 Å². The number of nitrogens with zero attached hydrogens (tertiary/aromatic N) is 4. The van der Waals surface area contributed by atoms with Crippen molar-refractivity contribution in [2.24, 2.45) is 0 Å². The number of morpholine rings is 1. The molecule has 1 N–H and O–H groups in total. The van der Waals surface area contributed by atoms with Crippen LogP contribution >= 0.6 is 0 Å². The van der Waals surface area contributed by atoms with Gasteiger partial charge in [-0.25, -0.2) is 0 Å². The Kier molecular flexibility index (Phi) is 7.45. The molecule has 3 rings (SSSR count). The van der Waals surface area contributed by atoms with Crippen molar-refractivity contribution in [2.45, 2.75) is 52.3 Å². The van der Waals surface area contributed by atoms with Crippen LogP contribution in [0.15, 0.2) is 10.6 Å². The minimum atomic E-state index is -0.137. The summed E-state index contributed by atoms with van der Waals surface area (Å²) in [5.41, 5.74) is 0. The molecule has 158 valence electrons. The van der Waals surface area contributed by atoms with Gasteiger partial charge < -0.3 is 14.6 Å². The molecule has 0 aliphatic carbocycles. The van der Waals surface area contributed by atoms with Gasteiger partial charge in [0.15, 0.2) is 5.82 Å². The Bertz CT molecular complexity index is 627. The van der Waals surface area contributed by atoms with Crippen LogP contribution in [0.2, 0.25) is 0 Å².